The van der Waals surface area contributed by atoms with Crippen LogP contribution in [0.25, 0.3) is 5.69 Å². The van der Waals surface area contributed by atoms with E-state index in [1.807, 2.05) is 10.8 Å². The third-order valence-corrected chi connectivity index (χ3v) is 4.04. The van der Waals surface area contributed by atoms with E-state index >= 15 is 0 Å². The second kappa shape index (κ2) is 6.20. The Kier molecular flexibility index (Phi) is 4.14. The van der Waals surface area contributed by atoms with Crippen molar-refractivity contribution in [3.8, 4) is 5.69 Å². The summed E-state index contributed by atoms with van der Waals surface area (Å²) in [6.07, 6.45) is 9.70. The van der Waals surface area contributed by atoms with Crippen LogP contribution in [0.3, 0.4) is 0 Å². The first-order valence-corrected chi connectivity index (χ1v) is 7.31. The van der Waals surface area contributed by atoms with Gasteiger partial charge in [0.1, 0.15) is 0 Å². The maximum absolute atomic E-state index is 9.94. The van der Waals surface area contributed by atoms with Gasteiger partial charge in [-0.1, -0.05) is 25.0 Å². The molecule has 1 aromatic heterocycles. The van der Waals surface area contributed by atoms with Gasteiger partial charge >= 0.3 is 0 Å². The van der Waals surface area contributed by atoms with Crippen molar-refractivity contribution in [3.05, 3.63) is 48.5 Å². The largest absolute Gasteiger partial charge is 0.392 e. The highest BCUT2D eigenvalue weighted by molar-refractivity contribution is 5.34. The molecule has 4 heteroatoms. The van der Waals surface area contributed by atoms with Gasteiger partial charge in [-0.25, -0.2) is 4.98 Å². The van der Waals surface area contributed by atoms with Gasteiger partial charge < -0.3 is 15.0 Å². The Bertz CT molecular complexity index is 521. The number of aromatic nitrogens is 2. The van der Waals surface area contributed by atoms with Crippen LogP contribution in [0.15, 0.2) is 43.0 Å². The third kappa shape index (κ3) is 3.08. The number of aliphatic hydroxyl groups excluding tert-OH is 1. The first kappa shape index (κ1) is 13.3. The lowest BCUT2D eigenvalue weighted by Crippen LogP contribution is -2.41. The molecule has 1 heterocycles. The average Bonchev–Trinajstić information content (AvgIpc) is 3.01. The topological polar surface area (TPSA) is 50.1 Å². The number of imidazole rings is 1. The van der Waals surface area contributed by atoms with Crippen molar-refractivity contribution in [2.24, 2.45) is 0 Å². The van der Waals surface area contributed by atoms with Crippen LogP contribution >= 0.6 is 0 Å². The van der Waals surface area contributed by atoms with Crippen molar-refractivity contribution in [2.75, 3.05) is 0 Å². The van der Waals surface area contributed by atoms with Crippen molar-refractivity contribution in [1.29, 1.82) is 0 Å². The second-order valence-electron chi connectivity index (χ2n) is 5.48. The van der Waals surface area contributed by atoms with Crippen LogP contribution in [0.4, 0.5) is 0 Å². The number of hydrogen-bond acceptors (Lipinski definition) is 3. The zero-order valence-corrected chi connectivity index (χ0v) is 11.6. The van der Waals surface area contributed by atoms with Crippen molar-refractivity contribution in [3.63, 3.8) is 0 Å². The minimum absolute atomic E-state index is 0.186. The molecule has 1 aliphatic rings. The molecule has 0 spiro atoms. The fraction of sp³-hybridized carbons (Fsp3) is 0.438. The van der Waals surface area contributed by atoms with Gasteiger partial charge in [0.05, 0.1) is 12.4 Å². The Labute approximate surface area is 119 Å². The molecule has 1 aliphatic carbocycles. The highest BCUT2D eigenvalue weighted by atomic mass is 16.3. The molecular weight excluding hydrogens is 250 g/mol. The number of aliphatic hydroxyl groups is 1. The SMILES string of the molecule is O[C@@H]1CCCC[C@H]1NCc1ccc(-n2ccnc2)cc1. The molecule has 1 aromatic carbocycles. The van der Waals surface area contributed by atoms with E-state index in [2.05, 4.69) is 34.6 Å². The van der Waals surface area contributed by atoms with Gasteiger partial charge in [-0.15, -0.1) is 0 Å². The molecule has 2 N–H and O–H groups in total. The molecule has 2 aromatic rings. The monoisotopic (exact) mass is 271 g/mol. The van der Waals surface area contributed by atoms with E-state index in [4.69, 9.17) is 0 Å². The molecule has 0 bridgehead atoms. The van der Waals surface area contributed by atoms with Gasteiger partial charge in [-0.3, -0.25) is 0 Å². The van der Waals surface area contributed by atoms with Crippen LogP contribution in [0.5, 0.6) is 0 Å². The number of nitrogens with one attached hydrogen (secondary N) is 1. The summed E-state index contributed by atoms with van der Waals surface area (Å²) in [4.78, 5) is 4.05. The van der Waals surface area contributed by atoms with Gasteiger partial charge in [-0.05, 0) is 30.5 Å². The lowest BCUT2D eigenvalue weighted by atomic mass is 9.92. The smallest absolute Gasteiger partial charge is 0.0991 e. The van der Waals surface area contributed by atoms with Crippen molar-refractivity contribution >= 4 is 0 Å². The molecule has 20 heavy (non-hydrogen) atoms. The molecule has 2 atom stereocenters. The summed E-state index contributed by atoms with van der Waals surface area (Å²) in [5.41, 5.74) is 2.36. The fourth-order valence-corrected chi connectivity index (χ4v) is 2.80. The van der Waals surface area contributed by atoms with E-state index in [9.17, 15) is 5.11 Å². The van der Waals surface area contributed by atoms with E-state index < -0.39 is 0 Å². The van der Waals surface area contributed by atoms with E-state index in [0.717, 1.165) is 31.5 Å². The molecular formula is C16H21N3O. The second-order valence-corrected chi connectivity index (χ2v) is 5.48. The number of benzene rings is 1. The third-order valence-electron chi connectivity index (χ3n) is 4.04. The van der Waals surface area contributed by atoms with E-state index in [1.54, 1.807) is 12.5 Å². The summed E-state index contributed by atoms with van der Waals surface area (Å²) in [6.45, 7) is 0.811. The Morgan fingerprint density at radius 3 is 2.70 bits per heavy atom. The zero-order valence-electron chi connectivity index (χ0n) is 11.6. The minimum Gasteiger partial charge on any atom is -0.392 e. The predicted octanol–water partition coefficient (Wildman–Crippen LogP) is 2.27. The highest BCUT2D eigenvalue weighted by Gasteiger charge is 2.21. The minimum atomic E-state index is -0.186. The van der Waals surface area contributed by atoms with Gasteiger partial charge in [0, 0.05) is 30.7 Å². The molecule has 1 fully saturated rings. The number of hydrogen-bond donors (Lipinski definition) is 2. The van der Waals surface area contributed by atoms with Crippen LogP contribution in [-0.4, -0.2) is 26.8 Å². The predicted molar refractivity (Wildman–Crippen MR) is 78.7 cm³/mol. The van der Waals surface area contributed by atoms with Crippen molar-refractivity contribution < 1.29 is 5.11 Å². The molecule has 106 valence electrons. The molecule has 1 saturated carbocycles. The maximum Gasteiger partial charge on any atom is 0.0991 e. The number of nitrogens with zero attached hydrogens (tertiary/aromatic N) is 2. The van der Waals surface area contributed by atoms with Crippen LogP contribution < -0.4 is 5.32 Å². The van der Waals surface area contributed by atoms with Crippen LogP contribution in [-0.2, 0) is 6.54 Å². The molecule has 0 radical (unpaired) electrons. The molecule has 0 aliphatic heterocycles. The maximum atomic E-state index is 9.94. The van der Waals surface area contributed by atoms with E-state index in [0.29, 0.717) is 0 Å². The molecule has 0 unspecified atom stereocenters. The van der Waals surface area contributed by atoms with Gasteiger partial charge in [0.2, 0.25) is 0 Å². The Morgan fingerprint density at radius 2 is 2.00 bits per heavy atom. The Balaban J connectivity index is 1.58. The summed E-state index contributed by atoms with van der Waals surface area (Å²) < 4.78 is 1.99. The number of rotatable bonds is 4. The van der Waals surface area contributed by atoms with E-state index in [-0.39, 0.29) is 12.1 Å². The highest BCUT2D eigenvalue weighted by Crippen LogP contribution is 2.19. The first-order chi connectivity index (χ1) is 9.83. The van der Waals surface area contributed by atoms with Crippen LogP contribution in [0.2, 0.25) is 0 Å². The summed E-state index contributed by atoms with van der Waals surface area (Å²) in [5, 5.41) is 13.4. The Hall–Kier alpha value is -1.65. The zero-order chi connectivity index (χ0) is 13.8. The lowest BCUT2D eigenvalue weighted by Gasteiger charge is -2.28. The lowest BCUT2D eigenvalue weighted by molar-refractivity contribution is 0.0902. The molecule has 0 amide bonds. The molecule has 0 saturated heterocycles. The van der Waals surface area contributed by atoms with E-state index in [1.165, 1.54) is 12.0 Å². The fourth-order valence-electron chi connectivity index (χ4n) is 2.80. The quantitative estimate of drug-likeness (QED) is 0.897. The molecule has 4 nitrogen and oxygen atoms in total. The van der Waals surface area contributed by atoms with Crippen molar-refractivity contribution in [2.45, 2.75) is 44.4 Å². The van der Waals surface area contributed by atoms with Gasteiger partial charge in [0.15, 0.2) is 0 Å². The van der Waals surface area contributed by atoms with Gasteiger partial charge in [-0.2, -0.15) is 0 Å². The summed E-state index contributed by atoms with van der Waals surface area (Å²) in [7, 11) is 0. The summed E-state index contributed by atoms with van der Waals surface area (Å²) in [6, 6.07) is 8.68. The van der Waals surface area contributed by atoms with Crippen LogP contribution in [0.1, 0.15) is 31.2 Å². The summed E-state index contributed by atoms with van der Waals surface area (Å²) >= 11 is 0. The molecule has 3 rings (SSSR count). The standard InChI is InChI=1S/C16H21N3O/c20-16-4-2-1-3-15(16)18-11-13-5-7-14(8-6-13)19-10-9-17-12-19/h5-10,12,15-16,18,20H,1-4,11H2/t15-,16-/m1/s1. The van der Waals surface area contributed by atoms with Crippen molar-refractivity contribution in [1.82, 2.24) is 14.9 Å². The first-order valence-electron chi connectivity index (χ1n) is 7.31. The average molecular weight is 271 g/mol. The van der Waals surface area contributed by atoms with Gasteiger partial charge in [0.25, 0.3) is 0 Å². The Morgan fingerprint density at radius 1 is 1.20 bits per heavy atom. The summed E-state index contributed by atoms with van der Waals surface area (Å²) in [5.74, 6) is 0. The van der Waals surface area contributed by atoms with Crippen LogP contribution in [0, 0.1) is 0 Å². The normalized spacial score (nSPS) is 22.9.